The fourth-order valence-corrected chi connectivity index (χ4v) is 15.5. The highest BCUT2D eigenvalue weighted by Gasteiger charge is 2.50. The minimum atomic E-state index is -0.193. The van der Waals surface area contributed by atoms with Gasteiger partial charge in [0, 0.05) is 55.3 Å². The van der Waals surface area contributed by atoms with Crippen LogP contribution in [0, 0.1) is 0 Å². The van der Waals surface area contributed by atoms with Gasteiger partial charge >= 0.3 is 0 Å². The number of rotatable bonds is 4. The Balaban J connectivity index is 0.920. The van der Waals surface area contributed by atoms with E-state index in [-0.39, 0.29) is 13.4 Å². The summed E-state index contributed by atoms with van der Waals surface area (Å²) in [5.41, 5.74) is 23.3. The van der Waals surface area contributed by atoms with Crippen LogP contribution in [0.5, 0.6) is 34.5 Å². The van der Waals surface area contributed by atoms with Gasteiger partial charge in [0.15, 0.2) is 34.5 Å². The highest BCUT2D eigenvalue weighted by Crippen LogP contribution is 2.58. The third-order valence-electron chi connectivity index (χ3n) is 17.6. The Bertz CT molecular complexity index is 4700. The molecule has 0 spiro atoms. The molecule has 0 saturated heterocycles. The van der Waals surface area contributed by atoms with Gasteiger partial charge < -0.3 is 38.7 Å². The molecule has 11 heteroatoms. The summed E-state index contributed by atoms with van der Waals surface area (Å²) in [7, 11) is 0. The first-order valence-electron chi connectivity index (χ1n) is 28.2. The van der Waals surface area contributed by atoms with Crippen molar-refractivity contribution in [2.75, 3.05) is 24.5 Å². The fraction of sp³-hybridized carbons (Fsp3) is 0. The molecule has 12 aromatic rings. The molecule has 0 aliphatic carbocycles. The molecule has 0 bridgehead atoms. The number of hydrogen-bond donors (Lipinski definition) is 0. The van der Waals surface area contributed by atoms with Crippen molar-refractivity contribution in [3.05, 3.63) is 261 Å². The van der Waals surface area contributed by atoms with Crippen molar-refractivity contribution in [1.29, 1.82) is 0 Å². The first kappa shape index (κ1) is 45.3. The largest absolute Gasteiger partial charge is 0.453 e. The average Bonchev–Trinajstić information content (AvgIpc) is 1.98. The van der Waals surface area contributed by atoms with Gasteiger partial charge in [0.25, 0.3) is 6.71 Å². The van der Waals surface area contributed by atoms with Crippen LogP contribution in [0.15, 0.2) is 271 Å². The van der Waals surface area contributed by atoms with Gasteiger partial charge in [-0.05, 0) is 155 Å². The van der Waals surface area contributed by atoms with E-state index in [9.17, 15) is 0 Å². The molecule has 7 heterocycles. The van der Waals surface area contributed by atoms with Gasteiger partial charge in [-0.15, -0.1) is 0 Å². The Morgan fingerprint density at radius 2 is 0.627 bits per heavy atom. The van der Waals surface area contributed by atoms with Gasteiger partial charge in [-0.2, -0.15) is 0 Å². The van der Waals surface area contributed by atoms with Crippen LogP contribution >= 0.6 is 11.8 Å². The lowest BCUT2D eigenvalue weighted by Gasteiger charge is -2.48. The van der Waals surface area contributed by atoms with Crippen molar-refractivity contribution in [1.82, 2.24) is 0 Å². The van der Waals surface area contributed by atoms with Crippen LogP contribution in [-0.2, 0) is 0 Å². The van der Waals surface area contributed by atoms with E-state index in [0.717, 1.165) is 120 Å². The topological polar surface area (TPSA) is 43.9 Å². The molecule has 0 saturated carbocycles. The maximum absolute atomic E-state index is 6.98. The van der Waals surface area contributed by atoms with Crippen LogP contribution in [0.4, 0.5) is 85.3 Å². The van der Waals surface area contributed by atoms with Gasteiger partial charge in [-0.3, -0.25) is 0 Å². The van der Waals surface area contributed by atoms with Gasteiger partial charge in [-0.25, -0.2) is 0 Å². The normalized spacial score (nSPS) is 14.3. The molecule has 8 nitrogen and oxygen atoms in total. The average molecular weight is 1080 g/mol. The monoisotopic (exact) mass is 1080 g/mol. The van der Waals surface area contributed by atoms with Crippen LogP contribution in [0.3, 0.4) is 0 Å². The standard InChI is InChI=1S/C72H43B2N5O3S/c1-3-20-44(21-4-1)75-58-43-57-50(73-48-24-7-18-37-68(48)83-69-41-47(40-61(71(69)73)76(57)45-22-5-2-6-23-45)78-54-28-10-15-33-64(54)81-65-34-16-11-29-55(65)78)42-51(58)74-49-25-19-36-67-72(49)79(56-30-12-17-35-66(56)82-67)60-39-46(38-59(75)70(60)74)77-52-26-8-13-31-62(52)80-63-32-14-9-27-53(63)77/h1-43H. The van der Waals surface area contributed by atoms with E-state index < -0.39 is 0 Å². The van der Waals surface area contributed by atoms with E-state index in [2.05, 4.69) is 273 Å². The van der Waals surface area contributed by atoms with E-state index in [1.54, 1.807) is 0 Å². The summed E-state index contributed by atoms with van der Waals surface area (Å²) in [6, 6.07) is 94.5. The van der Waals surface area contributed by atoms with E-state index in [1.807, 2.05) is 23.9 Å². The number of benzene rings is 12. The van der Waals surface area contributed by atoms with E-state index in [4.69, 9.17) is 14.2 Å². The van der Waals surface area contributed by atoms with Crippen molar-refractivity contribution >= 4 is 143 Å². The number of hydrogen-bond acceptors (Lipinski definition) is 9. The van der Waals surface area contributed by atoms with Gasteiger partial charge in [-0.1, -0.05) is 151 Å². The highest BCUT2D eigenvalue weighted by atomic mass is 32.2. The molecule has 7 aliphatic heterocycles. The molecule has 0 fully saturated rings. The molecular weight excluding hydrogens is 1040 g/mol. The summed E-state index contributed by atoms with van der Waals surface area (Å²) in [6.07, 6.45) is 0. The molecule has 0 unspecified atom stereocenters. The third kappa shape index (κ3) is 6.34. The Kier molecular flexibility index (Phi) is 9.29. The number of fused-ring (bicyclic) bond motifs is 14. The Hall–Kier alpha value is -10.5. The molecule has 12 aromatic carbocycles. The fourth-order valence-electron chi connectivity index (χ4n) is 14.3. The summed E-state index contributed by atoms with van der Waals surface area (Å²) in [5, 5.41) is 0. The first-order chi connectivity index (χ1) is 41.2. The number of para-hydroxylation sites is 13. The number of anilines is 15. The maximum Gasteiger partial charge on any atom is 0.252 e. The second-order valence-electron chi connectivity index (χ2n) is 21.9. The summed E-state index contributed by atoms with van der Waals surface area (Å²) in [4.78, 5) is 14.8. The van der Waals surface area contributed by atoms with E-state index in [1.165, 1.54) is 42.6 Å². The second kappa shape index (κ2) is 17.0. The summed E-state index contributed by atoms with van der Waals surface area (Å²) in [6.45, 7) is -0.285. The summed E-state index contributed by atoms with van der Waals surface area (Å²) < 4.78 is 20.3. The molecule has 0 atom stereocenters. The molecule has 7 aliphatic rings. The summed E-state index contributed by atoms with van der Waals surface area (Å²) in [5.74, 6) is 4.89. The van der Waals surface area contributed by atoms with Crippen LogP contribution in [0.2, 0.25) is 0 Å². The van der Waals surface area contributed by atoms with Crippen LogP contribution in [0.1, 0.15) is 0 Å². The van der Waals surface area contributed by atoms with E-state index >= 15 is 0 Å². The number of ether oxygens (including phenoxy) is 3. The van der Waals surface area contributed by atoms with Crippen molar-refractivity contribution < 1.29 is 14.2 Å². The van der Waals surface area contributed by atoms with Crippen molar-refractivity contribution in [3.63, 3.8) is 0 Å². The zero-order valence-electron chi connectivity index (χ0n) is 44.3. The maximum atomic E-state index is 6.98. The minimum absolute atomic E-state index is 0.0918. The predicted molar refractivity (Wildman–Crippen MR) is 340 cm³/mol. The molecule has 0 N–H and O–H groups in total. The second-order valence-corrected chi connectivity index (χ2v) is 23.0. The molecule has 83 heavy (non-hydrogen) atoms. The Morgan fingerprint density at radius 3 is 1.17 bits per heavy atom. The van der Waals surface area contributed by atoms with Gasteiger partial charge in [0.2, 0.25) is 6.71 Å². The molecule has 0 radical (unpaired) electrons. The highest BCUT2D eigenvalue weighted by molar-refractivity contribution is 8.00. The van der Waals surface area contributed by atoms with Crippen molar-refractivity contribution in [2.45, 2.75) is 9.79 Å². The zero-order valence-corrected chi connectivity index (χ0v) is 45.2. The Morgan fingerprint density at radius 1 is 0.241 bits per heavy atom. The quantitative estimate of drug-likeness (QED) is 0.160. The van der Waals surface area contributed by atoms with Crippen LogP contribution in [-0.4, -0.2) is 13.4 Å². The lowest BCUT2D eigenvalue weighted by molar-refractivity contribution is 0.476. The zero-order chi connectivity index (χ0) is 54.0. The SMILES string of the molecule is c1ccc(N2c3cc4c(cc3B3c5ccccc5Sc5cc(N6c7ccccc7Oc7ccccc76)cc2c53)B2c3cccc5c3N(c3ccccc3O5)c3cc(N5c6ccccc6Oc6ccccc65)cc(c32)N4c2ccccc2)cc1. The Labute approximate surface area is 484 Å². The van der Waals surface area contributed by atoms with Crippen molar-refractivity contribution in [3.8, 4) is 34.5 Å². The number of nitrogens with zero attached hydrogens (tertiary/aromatic N) is 5. The van der Waals surface area contributed by atoms with Crippen LogP contribution < -0.4 is 71.5 Å². The first-order valence-corrected chi connectivity index (χ1v) is 29.0. The molecule has 19 rings (SSSR count). The van der Waals surface area contributed by atoms with Gasteiger partial charge in [0.05, 0.1) is 39.8 Å². The lowest BCUT2D eigenvalue weighted by Crippen LogP contribution is -2.65. The molecule has 0 aromatic heterocycles. The lowest BCUT2D eigenvalue weighted by atomic mass is 9.30. The summed E-state index contributed by atoms with van der Waals surface area (Å²) >= 11 is 1.87. The van der Waals surface area contributed by atoms with E-state index in [0.29, 0.717) is 0 Å². The third-order valence-corrected chi connectivity index (χ3v) is 18.7. The molecule has 0 amide bonds. The smallest absolute Gasteiger partial charge is 0.252 e. The molecule has 386 valence electrons. The molecular formula is C72H43B2N5O3S. The minimum Gasteiger partial charge on any atom is -0.453 e. The van der Waals surface area contributed by atoms with Crippen molar-refractivity contribution in [2.24, 2.45) is 0 Å². The van der Waals surface area contributed by atoms with Gasteiger partial charge in [0.1, 0.15) is 0 Å². The van der Waals surface area contributed by atoms with Crippen LogP contribution in [0.25, 0.3) is 0 Å². The predicted octanol–water partition coefficient (Wildman–Crippen LogP) is 15.8.